The number of hydrogen-bond donors (Lipinski definition) is 3. The molecule has 156 valence electrons. The lowest BCUT2D eigenvalue weighted by molar-refractivity contribution is -0.270. The Labute approximate surface area is 167 Å². The molecule has 0 bridgehead atoms. The lowest BCUT2D eigenvalue weighted by Gasteiger charge is -2.29. The quantitative estimate of drug-likeness (QED) is 0.460. The Kier molecular flexibility index (Phi) is 4.61. The number of rotatable bonds is 5. The van der Waals surface area contributed by atoms with Crippen LogP contribution in [0.15, 0.2) is 53.4 Å². The lowest BCUT2D eigenvalue weighted by Crippen LogP contribution is -2.46. The minimum Gasteiger partial charge on any atom is -0.461 e. The predicted molar refractivity (Wildman–Crippen MR) is 100 cm³/mol. The van der Waals surface area contributed by atoms with Crippen LogP contribution in [0.5, 0.6) is 0 Å². The Morgan fingerprint density at radius 1 is 1.33 bits per heavy atom. The first kappa shape index (κ1) is 19.7. The van der Waals surface area contributed by atoms with Crippen LogP contribution in [0.1, 0.15) is 12.2 Å². The van der Waals surface area contributed by atoms with E-state index in [0.29, 0.717) is 22.6 Å². The molecule has 0 aliphatic rings. The van der Waals surface area contributed by atoms with Crippen molar-refractivity contribution in [1.29, 1.82) is 0 Å². The van der Waals surface area contributed by atoms with Crippen molar-refractivity contribution in [2.24, 2.45) is 7.05 Å². The number of aromatic amines is 1. The molecule has 0 fully saturated rings. The third-order valence-corrected chi connectivity index (χ3v) is 4.60. The van der Waals surface area contributed by atoms with Crippen LogP contribution in [-0.2, 0) is 17.4 Å². The minimum absolute atomic E-state index is 0.242. The molecule has 11 heteroatoms. The van der Waals surface area contributed by atoms with Crippen LogP contribution in [-0.4, -0.2) is 36.7 Å². The Balaban J connectivity index is 1.57. The smallest absolute Gasteiger partial charge is 0.425 e. The van der Waals surface area contributed by atoms with Crippen LogP contribution in [0.25, 0.3) is 22.6 Å². The fraction of sp³-hybridized carbons (Fsp3) is 0.211. The maximum Gasteiger partial charge on any atom is 0.425 e. The van der Waals surface area contributed by atoms with Gasteiger partial charge in [0, 0.05) is 25.1 Å². The van der Waals surface area contributed by atoms with Gasteiger partial charge in [-0.3, -0.25) is 4.79 Å². The van der Waals surface area contributed by atoms with E-state index in [2.05, 4.69) is 20.3 Å². The van der Waals surface area contributed by atoms with Gasteiger partial charge in [0.2, 0.25) is 11.5 Å². The number of carbonyl (C=O) groups excluding carboxylic acids is 1. The normalized spacial score (nSPS) is 14.0. The van der Waals surface area contributed by atoms with E-state index in [1.165, 1.54) is 31.6 Å². The average Bonchev–Trinajstić information content (AvgIpc) is 3.40. The van der Waals surface area contributed by atoms with Crippen molar-refractivity contribution >= 4 is 22.6 Å². The van der Waals surface area contributed by atoms with E-state index < -0.39 is 29.9 Å². The Morgan fingerprint density at radius 2 is 2.13 bits per heavy atom. The summed E-state index contributed by atoms with van der Waals surface area (Å²) in [6.45, 7) is 0. The van der Waals surface area contributed by atoms with Crippen molar-refractivity contribution in [3.8, 4) is 11.6 Å². The zero-order chi connectivity index (χ0) is 21.5. The summed E-state index contributed by atoms with van der Waals surface area (Å²) in [6.07, 6.45) is -2.48. The van der Waals surface area contributed by atoms with Gasteiger partial charge in [0.1, 0.15) is 0 Å². The topological polar surface area (TPSA) is 109 Å². The van der Waals surface area contributed by atoms with Crippen molar-refractivity contribution < 1.29 is 27.5 Å². The summed E-state index contributed by atoms with van der Waals surface area (Å²) in [4.78, 5) is 23.3. The van der Waals surface area contributed by atoms with Crippen molar-refractivity contribution in [1.82, 2.24) is 19.5 Å². The highest BCUT2D eigenvalue weighted by Gasteiger charge is 2.58. The number of H-pyrrole nitrogens is 1. The summed E-state index contributed by atoms with van der Waals surface area (Å²) in [5.74, 6) is -0.706. The second kappa shape index (κ2) is 7.02. The highest BCUT2D eigenvalue weighted by Crippen LogP contribution is 2.41. The highest BCUT2D eigenvalue weighted by molar-refractivity contribution is 5.94. The number of aromatic nitrogens is 4. The predicted octanol–water partition coefficient (Wildman–Crippen LogP) is 3.34. The van der Waals surface area contributed by atoms with E-state index in [1.54, 1.807) is 18.2 Å². The molecular formula is C19H16F3N5O3. The molecule has 3 heterocycles. The van der Waals surface area contributed by atoms with Gasteiger partial charge in [-0.05, 0) is 30.3 Å². The molecule has 0 radical (unpaired) electrons. The molecule has 1 unspecified atom stereocenters. The summed E-state index contributed by atoms with van der Waals surface area (Å²) < 4.78 is 47.1. The molecule has 0 saturated heterocycles. The van der Waals surface area contributed by atoms with Crippen molar-refractivity contribution in [3.05, 3.63) is 54.8 Å². The zero-order valence-electron chi connectivity index (χ0n) is 15.6. The van der Waals surface area contributed by atoms with Gasteiger partial charge in [-0.15, -0.1) is 0 Å². The van der Waals surface area contributed by atoms with Crippen molar-refractivity contribution in [3.63, 3.8) is 0 Å². The largest absolute Gasteiger partial charge is 0.461 e. The van der Waals surface area contributed by atoms with Gasteiger partial charge in [-0.1, -0.05) is 0 Å². The third-order valence-electron chi connectivity index (χ3n) is 4.60. The van der Waals surface area contributed by atoms with Crippen LogP contribution < -0.4 is 5.32 Å². The summed E-state index contributed by atoms with van der Waals surface area (Å²) in [7, 11) is 1.31. The molecule has 3 aromatic heterocycles. The maximum atomic E-state index is 13.6. The number of benzene rings is 1. The highest BCUT2D eigenvalue weighted by atomic mass is 19.4. The molecular weight excluding hydrogens is 403 g/mol. The van der Waals surface area contributed by atoms with Crippen molar-refractivity contribution in [2.45, 2.75) is 18.2 Å². The molecule has 1 atom stereocenters. The number of carbonyl (C=O) groups is 1. The molecule has 0 aliphatic carbocycles. The molecule has 3 N–H and O–H groups in total. The van der Waals surface area contributed by atoms with Gasteiger partial charge < -0.3 is 24.4 Å². The zero-order valence-corrected chi connectivity index (χ0v) is 15.6. The van der Waals surface area contributed by atoms with E-state index >= 15 is 0 Å². The first-order chi connectivity index (χ1) is 14.2. The second-order valence-electron chi connectivity index (χ2n) is 6.74. The number of imidazole rings is 2. The van der Waals surface area contributed by atoms with E-state index in [4.69, 9.17) is 4.42 Å². The number of amides is 1. The number of fused-ring (bicyclic) bond motifs is 1. The standard InChI is InChI=1S/C19H16F3N5O3/c1-27-7-6-23-17(27)18(29,19(20,21)22)10-15(28)24-11-4-5-12-13(9-11)26-16(25-12)14-3-2-8-30-14/h2-9,29H,10H2,1H3,(H,24,28)(H,25,26). The summed E-state index contributed by atoms with van der Waals surface area (Å²) in [5.41, 5.74) is -2.06. The molecule has 1 amide bonds. The second-order valence-corrected chi connectivity index (χ2v) is 6.74. The number of hydrogen-bond acceptors (Lipinski definition) is 5. The van der Waals surface area contributed by atoms with Gasteiger partial charge in [-0.2, -0.15) is 13.2 Å². The van der Waals surface area contributed by atoms with Gasteiger partial charge >= 0.3 is 6.18 Å². The Morgan fingerprint density at radius 3 is 2.77 bits per heavy atom. The van der Waals surface area contributed by atoms with Gasteiger partial charge in [0.15, 0.2) is 17.4 Å². The first-order valence-corrected chi connectivity index (χ1v) is 8.78. The lowest BCUT2D eigenvalue weighted by atomic mass is 9.97. The number of alkyl halides is 3. The molecule has 0 saturated carbocycles. The Bertz CT molecular complexity index is 1200. The van der Waals surface area contributed by atoms with E-state index in [9.17, 15) is 23.1 Å². The fourth-order valence-electron chi connectivity index (χ4n) is 3.13. The van der Waals surface area contributed by atoms with Gasteiger partial charge in [0.25, 0.3) is 0 Å². The van der Waals surface area contributed by atoms with E-state index in [1.807, 2.05) is 0 Å². The fourth-order valence-corrected chi connectivity index (χ4v) is 3.13. The number of aliphatic hydroxyl groups is 1. The maximum absolute atomic E-state index is 13.6. The number of nitrogens with zero attached hydrogens (tertiary/aromatic N) is 3. The molecule has 8 nitrogen and oxygen atoms in total. The average molecular weight is 419 g/mol. The Hall–Kier alpha value is -3.60. The summed E-state index contributed by atoms with van der Waals surface area (Å²) >= 11 is 0. The van der Waals surface area contributed by atoms with Crippen LogP contribution in [0.2, 0.25) is 0 Å². The monoisotopic (exact) mass is 419 g/mol. The molecule has 0 aliphatic heterocycles. The number of halogens is 3. The van der Waals surface area contributed by atoms with E-state index in [-0.39, 0.29) is 5.69 Å². The van der Waals surface area contributed by atoms with Crippen LogP contribution >= 0.6 is 0 Å². The number of anilines is 1. The van der Waals surface area contributed by atoms with Crippen LogP contribution in [0.4, 0.5) is 18.9 Å². The van der Waals surface area contributed by atoms with Crippen LogP contribution in [0, 0.1) is 0 Å². The number of nitrogens with one attached hydrogen (secondary N) is 2. The van der Waals surface area contributed by atoms with Gasteiger partial charge in [-0.25, -0.2) is 9.97 Å². The molecule has 4 aromatic rings. The summed E-state index contributed by atoms with van der Waals surface area (Å²) in [5, 5.41) is 12.7. The molecule has 0 spiro atoms. The van der Waals surface area contributed by atoms with Gasteiger partial charge in [0.05, 0.1) is 23.7 Å². The van der Waals surface area contributed by atoms with Crippen LogP contribution in [0.3, 0.4) is 0 Å². The SMILES string of the molecule is Cn1ccnc1C(O)(CC(=O)Nc1ccc2nc(-c3ccco3)[nH]c2c1)C(F)(F)F. The minimum atomic E-state index is -5.10. The summed E-state index contributed by atoms with van der Waals surface area (Å²) in [6, 6.07) is 8.05. The van der Waals surface area contributed by atoms with Crippen molar-refractivity contribution in [2.75, 3.05) is 5.32 Å². The third kappa shape index (κ3) is 3.43. The molecule has 1 aromatic carbocycles. The number of aryl methyl sites for hydroxylation is 1. The first-order valence-electron chi connectivity index (χ1n) is 8.78. The molecule has 4 rings (SSSR count). The molecule has 30 heavy (non-hydrogen) atoms. The van der Waals surface area contributed by atoms with E-state index in [0.717, 1.165) is 10.8 Å². The number of furan rings is 1.